The zero-order valence-corrected chi connectivity index (χ0v) is 14.0. The summed E-state index contributed by atoms with van der Waals surface area (Å²) in [4.78, 5) is 12.1. The van der Waals surface area contributed by atoms with Gasteiger partial charge in [0.1, 0.15) is 11.9 Å². The van der Waals surface area contributed by atoms with Crippen molar-refractivity contribution in [2.75, 3.05) is 17.1 Å². The molecule has 1 amide bonds. The van der Waals surface area contributed by atoms with Crippen molar-refractivity contribution in [3.8, 4) is 0 Å². The SMILES string of the molecule is CCCCCNC(=O)[C@H](C)N(c1ccc(F)cc1)S(C)(=O)=O. The van der Waals surface area contributed by atoms with Gasteiger partial charge in [-0.2, -0.15) is 0 Å². The van der Waals surface area contributed by atoms with E-state index in [0.717, 1.165) is 29.8 Å². The number of benzene rings is 1. The molecule has 0 saturated heterocycles. The predicted molar refractivity (Wildman–Crippen MR) is 85.7 cm³/mol. The van der Waals surface area contributed by atoms with Gasteiger partial charge in [0.25, 0.3) is 0 Å². The number of amides is 1. The predicted octanol–water partition coefficient (Wildman–Crippen LogP) is 2.29. The number of halogens is 1. The van der Waals surface area contributed by atoms with Gasteiger partial charge in [-0.3, -0.25) is 9.10 Å². The molecule has 0 aliphatic heterocycles. The first-order valence-electron chi connectivity index (χ1n) is 7.30. The molecule has 1 rings (SSSR count). The minimum absolute atomic E-state index is 0.264. The highest BCUT2D eigenvalue weighted by Gasteiger charge is 2.28. The zero-order valence-electron chi connectivity index (χ0n) is 13.2. The Labute approximate surface area is 131 Å². The second kappa shape index (κ2) is 8.12. The summed E-state index contributed by atoms with van der Waals surface area (Å²) < 4.78 is 38.0. The van der Waals surface area contributed by atoms with Crippen LogP contribution in [-0.2, 0) is 14.8 Å². The number of rotatable bonds is 8. The van der Waals surface area contributed by atoms with Gasteiger partial charge in [0.15, 0.2) is 0 Å². The summed E-state index contributed by atoms with van der Waals surface area (Å²) in [7, 11) is -3.66. The van der Waals surface area contributed by atoms with Crippen molar-refractivity contribution in [1.29, 1.82) is 0 Å². The third-order valence-corrected chi connectivity index (χ3v) is 4.49. The lowest BCUT2D eigenvalue weighted by Crippen LogP contribution is -2.48. The monoisotopic (exact) mass is 330 g/mol. The maximum atomic E-state index is 13.0. The van der Waals surface area contributed by atoms with E-state index in [2.05, 4.69) is 12.2 Å². The normalized spacial score (nSPS) is 12.7. The summed E-state index contributed by atoms with van der Waals surface area (Å²) in [6, 6.07) is 4.12. The highest BCUT2D eigenvalue weighted by molar-refractivity contribution is 7.92. The average Bonchev–Trinajstić information content (AvgIpc) is 2.44. The van der Waals surface area contributed by atoms with Gasteiger partial charge in [0.05, 0.1) is 11.9 Å². The van der Waals surface area contributed by atoms with Crippen molar-refractivity contribution in [2.24, 2.45) is 0 Å². The standard InChI is InChI=1S/C15H23FN2O3S/c1-4-5-6-11-17-15(19)12(2)18(22(3,20)21)14-9-7-13(16)8-10-14/h7-10,12H,4-6,11H2,1-3H3,(H,17,19)/t12-/m0/s1. The topological polar surface area (TPSA) is 66.5 Å². The first kappa shape index (κ1) is 18.4. The van der Waals surface area contributed by atoms with Crippen molar-refractivity contribution in [1.82, 2.24) is 5.32 Å². The van der Waals surface area contributed by atoms with Gasteiger partial charge < -0.3 is 5.32 Å². The molecule has 0 unspecified atom stereocenters. The summed E-state index contributed by atoms with van der Waals surface area (Å²) in [5.41, 5.74) is 0.264. The fourth-order valence-corrected chi connectivity index (χ4v) is 3.31. The Morgan fingerprint density at radius 1 is 1.27 bits per heavy atom. The maximum Gasteiger partial charge on any atom is 0.243 e. The molecule has 5 nitrogen and oxygen atoms in total. The van der Waals surface area contributed by atoms with E-state index in [1.54, 1.807) is 0 Å². The lowest BCUT2D eigenvalue weighted by molar-refractivity contribution is -0.121. The quantitative estimate of drug-likeness (QED) is 0.744. The van der Waals surface area contributed by atoms with E-state index in [9.17, 15) is 17.6 Å². The lowest BCUT2D eigenvalue weighted by atomic mass is 10.2. The van der Waals surface area contributed by atoms with Crippen LogP contribution in [0.4, 0.5) is 10.1 Å². The molecule has 124 valence electrons. The lowest BCUT2D eigenvalue weighted by Gasteiger charge is -2.28. The molecule has 0 saturated carbocycles. The molecule has 0 radical (unpaired) electrons. The van der Waals surface area contributed by atoms with E-state index < -0.39 is 21.9 Å². The molecule has 0 fully saturated rings. The highest BCUT2D eigenvalue weighted by atomic mass is 32.2. The molecule has 1 atom stereocenters. The fourth-order valence-electron chi connectivity index (χ4n) is 2.13. The summed E-state index contributed by atoms with van der Waals surface area (Å²) in [6.07, 6.45) is 3.92. The molecule has 0 aliphatic carbocycles. The average molecular weight is 330 g/mol. The van der Waals surface area contributed by atoms with Crippen molar-refractivity contribution in [3.05, 3.63) is 30.1 Å². The summed E-state index contributed by atoms with van der Waals surface area (Å²) in [5, 5.41) is 2.73. The molecule has 0 bridgehead atoms. The van der Waals surface area contributed by atoms with Crippen LogP contribution in [0.25, 0.3) is 0 Å². The Bertz CT molecular complexity index is 587. The van der Waals surface area contributed by atoms with E-state index in [1.807, 2.05) is 0 Å². The van der Waals surface area contributed by atoms with Crippen LogP contribution in [0.1, 0.15) is 33.1 Å². The molecular formula is C15H23FN2O3S. The summed E-state index contributed by atoms with van der Waals surface area (Å²) in [6.45, 7) is 4.09. The third kappa shape index (κ3) is 5.29. The van der Waals surface area contributed by atoms with E-state index in [1.165, 1.54) is 31.2 Å². The molecule has 7 heteroatoms. The summed E-state index contributed by atoms with van der Waals surface area (Å²) >= 11 is 0. The van der Waals surface area contributed by atoms with Gasteiger partial charge in [-0.15, -0.1) is 0 Å². The molecule has 0 aliphatic rings. The smallest absolute Gasteiger partial charge is 0.243 e. The summed E-state index contributed by atoms with van der Waals surface area (Å²) in [5.74, 6) is -0.834. The number of anilines is 1. The molecule has 0 aromatic heterocycles. The molecule has 1 aromatic carbocycles. The first-order valence-corrected chi connectivity index (χ1v) is 9.15. The van der Waals surface area contributed by atoms with Crippen molar-refractivity contribution in [3.63, 3.8) is 0 Å². The maximum absolute atomic E-state index is 13.0. The van der Waals surface area contributed by atoms with Crippen LogP contribution < -0.4 is 9.62 Å². The van der Waals surface area contributed by atoms with E-state index in [4.69, 9.17) is 0 Å². The van der Waals surface area contributed by atoms with Crippen LogP contribution in [0.3, 0.4) is 0 Å². The van der Waals surface area contributed by atoms with Gasteiger partial charge >= 0.3 is 0 Å². The van der Waals surface area contributed by atoms with Crippen LogP contribution >= 0.6 is 0 Å². The third-order valence-electron chi connectivity index (χ3n) is 3.25. The van der Waals surface area contributed by atoms with Crippen LogP contribution in [0.15, 0.2) is 24.3 Å². The Hall–Kier alpha value is -1.63. The Morgan fingerprint density at radius 3 is 2.36 bits per heavy atom. The molecule has 1 aromatic rings. The molecule has 1 N–H and O–H groups in total. The van der Waals surface area contributed by atoms with Crippen molar-refractivity contribution < 1.29 is 17.6 Å². The number of sulfonamides is 1. The van der Waals surface area contributed by atoms with Crippen LogP contribution in [-0.4, -0.2) is 33.2 Å². The molecule has 22 heavy (non-hydrogen) atoms. The van der Waals surface area contributed by atoms with E-state index >= 15 is 0 Å². The minimum Gasteiger partial charge on any atom is -0.354 e. The minimum atomic E-state index is -3.66. The number of nitrogens with one attached hydrogen (secondary N) is 1. The van der Waals surface area contributed by atoms with Crippen LogP contribution in [0.5, 0.6) is 0 Å². The number of nitrogens with zero attached hydrogens (tertiary/aromatic N) is 1. The highest BCUT2D eigenvalue weighted by Crippen LogP contribution is 2.21. The molecule has 0 spiro atoms. The number of carbonyl (C=O) groups is 1. The second-order valence-electron chi connectivity index (χ2n) is 5.21. The molecule has 0 heterocycles. The number of hydrogen-bond donors (Lipinski definition) is 1. The van der Waals surface area contributed by atoms with Crippen LogP contribution in [0, 0.1) is 5.82 Å². The van der Waals surface area contributed by atoms with Gasteiger partial charge in [-0.25, -0.2) is 12.8 Å². The van der Waals surface area contributed by atoms with Crippen LogP contribution in [0.2, 0.25) is 0 Å². The van der Waals surface area contributed by atoms with E-state index in [0.29, 0.717) is 6.54 Å². The molecular weight excluding hydrogens is 307 g/mol. The fraction of sp³-hybridized carbons (Fsp3) is 0.533. The number of hydrogen-bond acceptors (Lipinski definition) is 3. The van der Waals surface area contributed by atoms with Crippen molar-refractivity contribution in [2.45, 2.75) is 39.2 Å². The van der Waals surface area contributed by atoms with E-state index in [-0.39, 0.29) is 11.6 Å². The Morgan fingerprint density at radius 2 is 1.86 bits per heavy atom. The zero-order chi connectivity index (χ0) is 16.8. The first-order chi connectivity index (χ1) is 10.3. The van der Waals surface area contributed by atoms with Gasteiger partial charge in [-0.05, 0) is 37.6 Å². The van der Waals surface area contributed by atoms with Crippen molar-refractivity contribution >= 4 is 21.6 Å². The second-order valence-corrected chi connectivity index (χ2v) is 7.07. The Kier molecular flexibility index (Phi) is 6.80. The largest absolute Gasteiger partial charge is 0.354 e. The Balaban J connectivity index is 2.88. The number of unbranched alkanes of at least 4 members (excludes halogenated alkanes) is 2. The van der Waals surface area contributed by atoms with Gasteiger partial charge in [-0.1, -0.05) is 19.8 Å². The van der Waals surface area contributed by atoms with Gasteiger partial charge in [0.2, 0.25) is 15.9 Å². The number of carbonyl (C=O) groups excluding carboxylic acids is 1. The van der Waals surface area contributed by atoms with Gasteiger partial charge in [0, 0.05) is 6.54 Å².